The second-order valence-corrected chi connectivity index (χ2v) is 8.64. The molecule has 0 aromatic rings. The highest BCUT2D eigenvalue weighted by Gasteiger charge is 2.47. The van der Waals surface area contributed by atoms with Gasteiger partial charge in [0.15, 0.2) is 0 Å². The third-order valence-electron chi connectivity index (χ3n) is 5.71. The zero-order valence-electron chi connectivity index (χ0n) is 14.0. The van der Waals surface area contributed by atoms with E-state index in [0.29, 0.717) is 17.6 Å². The zero-order chi connectivity index (χ0) is 16.7. The molecule has 2 aliphatic carbocycles. The van der Waals surface area contributed by atoms with E-state index in [1.807, 2.05) is 0 Å². The number of hydrogen-bond donors (Lipinski definition) is 2. The van der Waals surface area contributed by atoms with Crippen LogP contribution in [0.1, 0.15) is 77.0 Å². The number of carboxylic acids is 2. The van der Waals surface area contributed by atoms with Crippen LogP contribution in [-0.2, 0) is 9.59 Å². The van der Waals surface area contributed by atoms with Gasteiger partial charge in [0, 0.05) is 10.5 Å². The van der Waals surface area contributed by atoms with Crippen molar-refractivity contribution in [3.63, 3.8) is 0 Å². The highest BCUT2D eigenvalue weighted by molar-refractivity contribution is 8.00. The minimum absolute atomic E-state index is 0.130. The Hall–Kier alpha value is -0.710. The summed E-state index contributed by atoms with van der Waals surface area (Å²) in [5.74, 6) is -0.0863. The van der Waals surface area contributed by atoms with Crippen LogP contribution in [-0.4, -0.2) is 32.7 Å². The lowest BCUT2D eigenvalue weighted by molar-refractivity contribution is -0.139. The summed E-state index contributed by atoms with van der Waals surface area (Å²) in [6, 6.07) is 0. The first-order valence-electron chi connectivity index (χ1n) is 9.12. The van der Waals surface area contributed by atoms with Crippen LogP contribution in [0.25, 0.3) is 0 Å². The molecule has 0 radical (unpaired) electrons. The molecule has 0 bridgehead atoms. The number of carboxylic acid groups (broad SMARTS) is 2. The van der Waals surface area contributed by atoms with Crippen LogP contribution in [0.15, 0.2) is 0 Å². The predicted molar refractivity (Wildman–Crippen MR) is 92.8 cm³/mol. The van der Waals surface area contributed by atoms with Crippen molar-refractivity contribution in [2.24, 2.45) is 11.8 Å². The van der Waals surface area contributed by atoms with E-state index in [0.717, 1.165) is 25.7 Å². The Morgan fingerprint density at radius 2 is 1.30 bits per heavy atom. The molecule has 2 aliphatic rings. The Morgan fingerprint density at radius 3 is 1.70 bits per heavy atom. The molecule has 0 aromatic heterocycles. The van der Waals surface area contributed by atoms with Gasteiger partial charge in [-0.2, -0.15) is 11.8 Å². The van der Waals surface area contributed by atoms with Crippen molar-refractivity contribution in [1.82, 2.24) is 0 Å². The molecule has 0 atom stereocenters. The molecule has 23 heavy (non-hydrogen) atoms. The SMILES string of the molecule is O=C(O)CCSC(CC(=O)O)(C1CCCCC1)C1CCCCC1. The maximum atomic E-state index is 11.7. The molecular weight excluding hydrogens is 312 g/mol. The number of thioether (sulfide) groups is 1. The molecule has 2 rings (SSSR count). The van der Waals surface area contributed by atoms with Crippen LogP contribution in [0, 0.1) is 11.8 Å². The molecule has 0 amide bonds. The Kier molecular flexibility index (Phi) is 7.25. The van der Waals surface area contributed by atoms with Gasteiger partial charge in [0.2, 0.25) is 0 Å². The van der Waals surface area contributed by atoms with E-state index in [2.05, 4.69) is 0 Å². The van der Waals surface area contributed by atoms with Crippen LogP contribution in [0.2, 0.25) is 0 Å². The highest BCUT2D eigenvalue weighted by atomic mass is 32.2. The van der Waals surface area contributed by atoms with Crippen molar-refractivity contribution in [3.05, 3.63) is 0 Å². The number of carbonyl (C=O) groups is 2. The fraction of sp³-hybridized carbons (Fsp3) is 0.889. The smallest absolute Gasteiger partial charge is 0.304 e. The quantitative estimate of drug-likeness (QED) is 0.676. The first-order valence-corrected chi connectivity index (χ1v) is 10.1. The highest BCUT2D eigenvalue weighted by Crippen LogP contribution is 2.52. The Bertz CT molecular complexity index is 380. The molecule has 2 fully saturated rings. The molecule has 4 nitrogen and oxygen atoms in total. The summed E-state index contributed by atoms with van der Waals surface area (Å²) in [4.78, 5) is 22.6. The lowest BCUT2D eigenvalue weighted by atomic mass is 9.67. The fourth-order valence-corrected chi connectivity index (χ4v) is 6.48. The Labute approximate surface area is 143 Å². The fourth-order valence-electron chi connectivity index (χ4n) is 4.66. The van der Waals surface area contributed by atoms with Crippen molar-refractivity contribution in [2.75, 3.05) is 5.75 Å². The topological polar surface area (TPSA) is 74.6 Å². The number of aliphatic carboxylic acids is 2. The maximum Gasteiger partial charge on any atom is 0.304 e. The summed E-state index contributed by atoms with van der Waals surface area (Å²) in [6.45, 7) is 0. The van der Waals surface area contributed by atoms with Crippen LogP contribution >= 0.6 is 11.8 Å². The van der Waals surface area contributed by atoms with E-state index in [1.165, 1.54) is 38.5 Å². The summed E-state index contributed by atoms with van der Waals surface area (Å²) in [5, 5.41) is 18.6. The van der Waals surface area contributed by atoms with E-state index >= 15 is 0 Å². The second-order valence-electron chi connectivity index (χ2n) is 7.19. The average Bonchev–Trinajstić information content (AvgIpc) is 2.55. The van der Waals surface area contributed by atoms with Gasteiger partial charge in [0.1, 0.15) is 0 Å². The first-order chi connectivity index (χ1) is 11.0. The normalized spacial score (nSPS) is 21.2. The molecule has 132 valence electrons. The molecule has 0 saturated heterocycles. The number of hydrogen-bond acceptors (Lipinski definition) is 3. The van der Waals surface area contributed by atoms with Crippen LogP contribution in [0.5, 0.6) is 0 Å². The molecular formula is C18H30O4S. The van der Waals surface area contributed by atoms with Crippen molar-refractivity contribution >= 4 is 23.7 Å². The lowest BCUT2D eigenvalue weighted by Gasteiger charge is -2.48. The van der Waals surface area contributed by atoms with Crippen molar-refractivity contribution in [2.45, 2.75) is 81.8 Å². The van der Waals surface area contributed by atoms with Gasteiger partial charge in [0.05, 0.1) is 12.8 Å². The molecule has 0 aromatic carbocycles. The minimum Gasteiger partial charge on any atom is -0.481 e. The van der Waals surface area contributed by atoms with E-state index in [-0.39, 0.29) is 17.6 Å². The summed E-state index contributed by atoms with van der Waals surface area (Å²) in [6.07, 6.45) is 12.1. The van der Waals surface area contributed by atoms with Gasteiger partial charge < -0.3 is 10.2 Å². The molecule has 2 saturated carbocycles. The van der Waals surface area contributed by atoms with Gasteiger partial charge in [-0.3, -0.25) is 9.59 Å². The van der Waals surface area contributed by atoms with Crippen LogP contribution < -0.4 is 0 Å². The van der Waals surface area contributed by atoms with Gasteiger partial charge in [-0.1, -0.05) is 38.5 Å². The molecule has 0 heterocycles. The maximum absolute atomic E-state index is 11.7. The average molecular weight is 343 g/mol. The first kappa shape index (κ1) is 18.6. The lowest BCUT2D eigenvalue weighted by Crippen LogP contribution is -2.46. The van der Waals surface area contributed by atoms with Gasteiger partial charge in [-0.25, -0.2) is 0 Å². The molecule has 0 aliphatic heterocycles. The van der Waals surface area contributed by atoms with Crippen LogP contribution in [0.3, 0.4) is 0 Å². The standard InChI is InChI=1S/C18H30O4S/c19-16(20)11-12-23-18(13-17(21)22,14-7-3-1-4-8-14)15-9-5-2-6-10-15/h14-15H,1-13H2,(H,19,20)(H,21,22). The van der Waals surface area contributed by atoms with Crippen molar-refractivity contribution in [1.29, 1.82) is 0 Å². The van der Waals surface area contributed by atoms with Crippen molar-refractivity contribution < 1.29 is 19.8 Å². The summed E-state index contributed by atoms with van der Waals surface area (Å²) < 4.78 is -0.248. The van der Waals surface area contributed by atoms with E-state index in [9.17, 15) is 14.7 Å². The summed E-state index contributed by atoms with van der Waals surface area (Å²) in [7, 11) is 0. The molecule has 0 spiro atoms. The molecule has 5 heteroatoms. The summed E-state index contributed by atoms with van der Waals surface area (Å²) >= 11 is 1.68. The van der Waals surface area contributed by atoms with Gasteiger partial charge in [-0.15, -0.1) is 0 Å². The predicted octanol–water partition coefficient (Wildman–Crippen LogP) is 4.57. The third-order valence-corrected chi connectivity index (χ3v) is 7.46. The Balaban J connectivity index is 2.21. The van der Waals surface area contributed by atoms with Gasteiger partial charge >= 0.3 is 11.9 Å². The van der Waals surface area contributed by atoms with Gasteiger partial charge in [-0.05, 0) is 37.5 Å². The Morgan fingerprint density at radius 1 is 0.826 bits per heavy atom. The molecule has 0 unspecified atom stereocenters. The second kappa shape index (κ2) is 8.95. The minimum atomic E-state index is -0.783. The van der Waals surface area contributed by atoms with E-state index < -0.39 is 11.9 Å². The van der Waals surface area contributed by atoms with E-state index in [4.69, 9.17) is 5.11 Å². The molecule has 2 N–H and O–H groups in total. The van der Waals surface area contributed by atoms with Crippen molar-refractivity contribution in [3.8, 4) is 0 Å². The monoisotopic (exact) mass is 342 g/mol. The number of rotatable bonds is 8. The summed E-state index contributed by atoms with van der Waals surface area (Å²) in [5.41, 5.74) is 0. The van der Waals surface area contributed by atoms with Gasteiger partial charge in [0.25, 0.3) is 0 Å². The van der Waals surface area contributed by atoms with E-state index in [1.54, 1.807) is 11.8 Å². The largest absolute Gasteiger partial charge is 0.481 e. The van der Waals surface area contributed by atoms with Crippen LogP contribution in [0.4, 0.5) is 0 Å². The third kappa shape index (κ3) is 5.13. The zero-order valence-corrected chi connectivity index (χ0v) is 14.8.